The van der Waals surface area contributed by atoms with Crippen molar-refractivity contribution in [1.29, 1.82) is 0 Å². The Kier molecular flexibility index (Phi) is 6.24. The molecule has 0 fully saturated rings. The summed E-state index contributed by atoms with van der Waals surface area (Å²) in [6.07, 6.45) is 0.439. The van der Waals surface area contributed by atoms with E-state index in [1.807, 2.05) is 0 Å². The van der Waals surface area contributed by atoms with Crippen LogP contribution in [0.15, 0.2) is 0 Å². The van der Waals surface area contributed by atoms with Crippen molar-refractivity contribution in [1.82, 2.24) is 0 Å². The fourth-order valence-corrected chi connectivity index (χ4v) is 0.745. The molecule has 1 atom stereocenters. The number of ether oxygens (including phenoxy) is 2. The van der Waals surface area contributed by atoms with Gasteiger partial charge in [0.1, 0.15) is 6.79 Å². The molecular weight excluding hydrogens is 187 g/mol. The quantitative estimate of drug-likeness (QED) is 0.269. The molecule has 0 aliphatic heterocycles. The number of carbonyl (C=O) groups excluding carboxylic acids is 1. The van der Waals surface area contributed by atoms with Crippen LogP contribution in [0, 0.1) is 0 Å². The van der Waals surface area contributed by atoms with E-state index in [0.29, 0.717) is 13.0 Å². The van der Waals surface area contributed by atoms with Gasteiger partial charge in [0.05, 0.1) is 0 Å². The fourth-order valence-electron chi connectivity index (χ4n) is 0.611. The summed E-state index contributed by atoms with van der Waals surface area (Å²) in [5.74, 6) is 0. The van der Waals surface area contributed by atoms with Crippen LogP contribution >= 0.6 is 11.6 Å². The molecule has 0 aliphatic rings. The number of alkyl halides is 2. The third-order valence-corrected chi connectivity index (χ3v) is 1.45. The van der Waals surface area contributed by atoms with Crippen LogP contribution in [0.1, 0.15) is 12.8 Å². The molecule has 0 spiro atoms. The van der Waals surface area contributed by atoms with E-state index in [4.69, 9.17) is 16.3 Å². The van der Waals surface area contributed by atoms with Crippen LogP contribution < -0.4 is 0 Å². The number of hydrogen-bond acceptors (Lipinski definition) is 3. The first-order valence-corrected chi connectivity index (χ1v) is 3.91. The Morgan fingerprint density at radius 3 is 2.83 bits per heavy atom. The number of aldehydes is 1. The van der Waals surface area contributed by atoms with E-state index in [1.54, 1.807) is 0 Å². The maximum atomic E-state index is 12.6. The summed E-state index contributed by atoms with van der Waals surface area (Å²) >= 11 is 5.11. The predicted molar refractivity (Wildman–Crippen MR) is 42.8 cm³/mol. The summed E-state index contributed by atoms with van der Waals surface area (Å²) in [4.78, 5) is 9.97. The summed E-state index contributed by atoms with van der Waals surface area (Å²) in [7, 11) is 1.49. The first kappa shape index (κ1) is 11.8. The van der Waals surface area contributed by atoms with Crippen molar-refractivity contribution >= 4 is 17.9 Å². The molecule has 72 valence electrons. The molecule has 0 rings (SSSR count). The van der Waals surface area contributed by atoms with Crippen molar-refractivity contribution in [3.63, 3.8) is 0 Å². The smallest absolute Gasteiger partial charge is 0.238 e. The predicted octanol–water partition coefficient (Wildman–Crippen LogP) is 1.49. The molecule has 0 saturated carbocycles. The van der Waals surface area contributed by atoms with E-state index >= 15 is 0 Å². The van der Waals surface area contributed by atoms with Gasteiger partial charge in [-0.1, -0.05) is 11.6 Å². The lowest BCUT2D eigenvalue weighted by molar-refractivity contribution is -0.114. The topological polar surface area (TPSA) is 35.5 Å². The second-order valence-corrected chi connectivity index (χ2v) is 2.93. The molecule has 3 nitrogen and oxygen atoms in total. The van der Waals surface area contributed by atoms with Gasteiger partial charge in [0.25, 0.3) is 0 Å². The highest BCUT2D eigenvalue weighted by Crippen LogP contribution is 2.20. The average Bonchev–Trinajstić information content (AvgIpc) is 2.04. The largest absolute Gasteiger partial charge is 0.359 e. The van der Waals surface area contributed by atoms with E-state index in [9.17, 15) is 9.18 Å². The van der Waals surface area contributed by atoms with Gasteiger partial charge in [-0.2, -0.15) is 0 Å². The standard InChI is InChI=1S/C7H12ClFO3/c1-11-6-12-4-2-3-7(8,9)5-10/h5H,2-4,6H2,1H3/t7-/m0/s1. The molecule has 0 bridgehead atoms. The maximum absolute atomic E-state index is 12.6. The zero-order chi connectivity index (χ0) is 9.45. The van der Waals surface area contributed by atoms with Crippen LogP contribution in [-0.2, 0) is 14.3 Å². The zero-order valence-electron chi connectivity index (χ0n) is 6.89. The molecule has 0 amide bonds. The van der Waals surface area contributed by atoms with Gasteiger partial charge >= 0.3 is 0 Å². The second kappa shape index (κ2) is 6.34. The summed E-state index contributed by atoms with van der Waals surface area (Å²) in [5, 5.41) is -2.24. The Hall–Kier alpha value is -0.190. The normalized spacial score (nSPS) is 15.6. The molecule has 0 radical (unpaired) electrons. The highest BCUT2D eigenvalue weighted by molar-refractivity contribution is 6.30. The van der Waals surface area contributed by atoms with Crippen molar-refractivity contribution in [2.24, 2.45) is 0 Å². The third-order valence-electron chi connectivity index (χ3n) is 1.17. The minimum absolute atomic E-state index is 0.0399. The lowest BCUT2D eigenvalue weighted by atomic mass is 10.2. The molecule has 0 aromatic rings. The molecular formula is C7H12ClFO3. The van der Waals surface area contributed by atoms with Crippen LogP contribution in [0.4, 0.5) is 4.39 Å². The summed E-state index contributed by atoms with van der Waals surface area (Å²) in [5.41, 5.74) is 0. The van der Waals surface area contributed by atoms with Gasteiger partial charge in [-0.3, -0.25) is 4.79 Å². The van der Waals surface area contributed by atoms with Crippen molar-refractivity contribution in [3.05, 3.63) is 0 Å². The summed E-state index contributed by atoms with van der Waals surface area (Å²) < 4.78 is 22.1. The third kappa shape index (κ3) is 6.52. The van der Waals surface area contributed by atoms with Gasteiger partial charge in [-0.15, -0.1) is 0 Å². The Labute approximate surface area is 75.8 Å². The van der Waals surface area contributed by atoms with Gasteiger partial charge < -0.3 is 9.47 Å². The molecule has 0 unspecified atom stereocenters. The van der Waals surface area contributed by atoms with E-state index in [-0.39, 0.29) is 19.5 Å². The molecule has 0 aromatic heterocycles. The van der Waals surface area contributed by atoms with Crippen molar-refractivity contribution in [2.75, 3.05) is 20.5 Å². The van der Waals surface area contributed by atoms with Gasteiger partial charge in [0.15, 0.2) is 6.29 Å². The number of methoxy groups -OCH3 is 1. The molecule has 0 heterocycles. The van der Waals surface area contributed by atoms with Crippen molar-refractivity contribution in [2.45, 2.75) is 18.0 Å². The first-order chi connectivity index (χ1) is 5.62. The lowest BCUT2D eigenvalue weighted by Gasteiger charge is -2.09. The minimum Gasteiger partial charge on any atom is -0.359 e. The molecule has 0 aromatic carbocycles. The number of hydrogen-bond donors (Lipinski definition) is 0. The van der Waals surface area contributed by atoms with Gasteiger partial charge in [-0.05, 0) is 6.42 Å². The number of rotatable bonds is 7. The van der Waals surface area contributed by atoms with E-state index in [1.165, 1.54) is 7.11 Å². The van der Waals surface area contributed by atoms with Crippen molar-refractivity contribution in [3.8, 4) is 0 Å². The Morgan fingerprint density at radius 1 is 1.67 bits per heavy atom. The summed E-state index contributed by atoms with van der Waals surface area (Å²) in [6.45, 7) is 0.503. The van der Waals surface area contributed by atoms with Crippen LogP contribution in [-0.4, -0.2) is 31.9 Å². The summed E-state index contributed by atoms with van der Waals surface area (Å²) in [6, 6.07) is 0. The number of halogens is 2. The zero-order valence-corrected chi connectivity index (χ0v) is 7.64. The SMILES string of the molecule is COCOCCC[C@@](F)(Cl)C=O. The molecule has 5 heteroatoms. The highest BCUT2D eigenvalue weighted by Gasteiger charge is 2.24. The minimum atomic E-state index is -2.24. The molecule has 0 N–H and O–H groups in total. The van der Waals surface area contributed by atoms with Crippen LogP contribution in [0.25, 0.3) is 0 Å². The molecule has 0 saturated heterocycles. The lowest BCUT2D eigenvalue weighted by Crippen LogP contribution is -2.16. The fraction of sp³-hybridized carbons (Fsp3) is 0.857. The van der Waals surface area contributed by atoms with Crippen LogP contribution in [0.5, 0.6) is 0 Å². The Morgan fingerprint density at radius 2 is 2.33 bits per heavy atom. The van der Waals surface area contributed by atoms with E-state index in [2.05, 4.69) is 4.74 Å². The first-order valence-electron chi connectivity index (χ1n) is 3.53. The van der Waals surface area contributed by atoms with Gasteiger partial charge in [-0.25, -0.2) is 4.39 Å². The van der Waals surface area contributed by atoms with Gasteiger partial charge in [0.2, 0.25) is 5.13 Å². The Balaban J connectivity index is 3.25. The number of carbonyl (C=O) groups is 1. The van der Waals surface area contributed by atoms with Gasteiger partial charge in [0, 0.05) is 20.1 Å². The second-order valence-electron chi connectivity index (χ2n) is 2.30. The average molecular weight is 199 g/mol. The molecule has 12 heavy (non-hydrogen) atoms. The van der Waals surface area contributed by atoms with E-state index in [0.717, 1.165) is 0 Å². The maximum Gasteiger partial charge on any atom is 0.238 e. The van der Waals surface area contributed by atoms with Crippen LogP contribution in [0.2, 0.25) is 0 Å². The Bertz CT molecular complexity index is 130. The van der Waals surface area contributed by atoms with E-state index < -0.39 is 5.13 Å². The van der Waals surface area contributed by atoms with Crippen molar-refractivity contribution < 1.29 is 18.7 Å². The van der Waals surface area contributed by atoms with Crippen LogP contribution in [0.3, 0.4) is 0 Å². The highest BCUT2D eigenvalue weighted by atomic mass is 35.5. The molecule has 0 aliphatic carbocycles. The monoisotopic (exact) mass is 198 g/mol.